The van der Waals surface area contributed by atoms with Gasteiger partial charge in [0.25, 0.3) is 0 Å². The molecule has 3 rings (SSSR count). The van der Waals surface area contributed by atoms with Crippen molar-refractivity contribution in [3.8, 4) is 22.1 Å². The molecular weight excluding hydrogens is 228 g/mol. The van der Waals surface area contributed by atoms with Crippen molar-refractivity contribution in [1.29, 1.82) is 0 Å². The first-order valence-electron chi connectivity index (χ1n) is 4.27. The van der Waals surface area contributed by atoms with E-state index < -0.39 is 0 Å². The molecule has 4 nitrogen and oxygen atoms in total. The van der Waals surface area contributed by atoms with Gasteiger partial charge in [-0.1, -0.05) is 0 Å². The summed E-state index contributed by atoms with van der Waals surface area (Å²) in [5.74, 6) is 0.724. The molecule has 1 N–H and O–H groups in total. The van der Waals surface area contributed by atoms with Crippen LogP contribution in [0.4, 0.5) is 0 Å². The highest BCUT2D eigenvalue weighted by molar-refractivity contribution is 7.13. The van der Waals surface area contributed by atoms with Crippen LogP contribution < -0.4 is 0 Å². The third-order valence-corrected chi connectivity index (χ3v) is 3.47. The van der Waals surface area contributed by atoms with E-state index in [-0.39, 0.29) is 0 Å². The Bertz CT molecular complexity index is 490. The number of nitrogens with one attached hydrogen (secondary N) is 1. The fraction of sp³-hybridized carbons (Fsp3) is 0. The van der Waals surface area contributed by atoms with Gasteiger partial charge in [0.05, 0.1) is 5.69 Å². The average Bonchev–Trinajstić information content (AvgIpc) is 3.02. The van der Waals surface area contributed by atoms with Gasteiger partial charge in [0, 0.05) is 16.3 Å². The molecule has 74 valence electrons. The number of thiazole rings is 1. The topological polar surface area (TPSA) is 54.5 Å². The molecule has 0 aliphatic heterocycles. The van der Waals surface area contributed by atoms with E-state index in [2.05, 4.69) is 31.6 Å². The molecule has 0 fully saturated rings. The van der Waals surface area contributed by atoms with E-state index in [4.69, 9.17) is 0 Å². The summed E-state index contributed by atoms with van der Waals surface area (Å²) in [7, 11) is 0. The Balaban J connectivity index is 2.02. The van der Waals surface area contributed by atoms with Crippen LogP contribution in [0.1, 0.15) is 0 Å². The van der Waals surface area contributed by atoms with E-state index in [0.717, 1.165) is 22.1 Å². The fourth-order valence-electron chi connectivity index (χ4n) is 1.23. The monoisotopic (exact) mass is 234 g/mol. The van der Waals surface area contributed by atoms with Gasteiger partial charge in [-0.15, -0.1) is 11.3 Å². The minimum atomic E-state index is 0.724. The van der Waals surface area contributed by atoms with Gasteiger partial charge in [0.2, 0.25) is 0 Å². The SMILES string of the molecule is c1n[nH]c(-c2nc(-c3ccsc3)cs2)n1. The highest BCUT2D eigenvalue weighted by Gasteiger charge is 2.08. The highest BCUT2D eigenvalue weighted by Crippen LogP contribution is 2.27. The molecule has 0 spiro atoms. The van der Waals surface area contributed by atoms with Crippen LogP contribution in [0.2, 0.25) is 0 Å². The van der Waals surface area contributed by atoms with E-state index in [1.807, 2.05) is 10.8 Å². The van der Waals surface area contributed by atoms with Crippen LogP contribution in [0.25, 0.3) is 22.1 Å². The highest BCUT2D eigenvalue weighted by atomic mass is 32.1. The van der Waals surface area contributed by atoms with E-state index >= 15 is 0 Å². The van der Waals surface area contributed by atoms with E-state index in [1.54, 1.807) is 22.7 Å². The van der Waals surface area contributed by atoms with Crippen molar-refractivity contribution < 1.29 is 0 Å². The molecule has 0 aromatic carbocycles. The van der Waals surface area contributed by atoms with Gasteiger partial charge in [0.1, 0.15) is 6.33 Å². The van der Waals surface area contributed by atoms with Gasteiger partial charge in [-0.2, -0.15) is 16.4 Å². The molecule has 3 aromatic rings. The largest absolute Gasteiger partial charge is 0.257 e. The van der Waals surface area contributed by atoms with E-state index in [0.29, 0.717) is 0 Å². The first-order valence-corrected chi connectivity index (χ1v) is 6.09. The second-order valence-electron chi connectivity index (χ2n) is 2.88. The molecule has 0 aliphatic rings. The summed E-state index contributed by atoms with van der Waals surface area (Å²) < 4.78 is 0. The molecule has 3 aromatic heterocycles. The standard InChI is InChI=1S/C9H6N4S2/c1-2-14-3-6(1)7-4-15-9(12-7)8-10-5-11-13-8/h1-5H,(H,10,11,13). The number of H-pyrrole nitrogens is 1. The molecule has 15 heavy (non-hydrogen) atoms. The number of thiophene rings is 1. The summed E-state index contributed by atoms with van der Waals surface area (Å²) in [6, 6.07) is 2.06. The summed E-state index contributed by atoms with van der Waals surface area (Å²) in [6.07, 6.45) is 1.49. The average molecular weight is 234 g/mol. The summed E-state index contributed by atoms with van der Waals surface area (Å²) in [5.41, 5.74) is 2.15. The second-order valence-corrected chi connectivity index (χ2v) is 4.52. The zero-order chi connectivity index (χ0) is 10.1. The summed E-state index contributed by atoms with van der Waals surface area (Å²) in [4.78, 5) is 8.55. The molecule has 0 unspecified atom stereocenters. The third-order valence-electron chi connectivity index (χ3n) is 1.94. The van der Waals surface area contributed by atoms with Crippen LogP contribution in [0.5, 0.6) is 0 Å². The lowest BCUT2D eigenvalue weighted by Crippen LogP contribution is -1.79. The number of hydrogen-bond donors (Lipinski definition) is 1. The first kappa shape index (κ1) is 8.75. The lowest BCUT2D eigenvalue weighted by Gasteiger charge is -1.87. The molecule has 0 saturated heterocycles. The molecule has 0 aliphatic carbocycles. The summed E-state index contributed by atoms with van der Waals surface area (Å²) in [5, 5.41) is 13.6. The number of aromatic nitrogens is 4. The zero-order valence-corrected chi connectivity index (χ0v) is 9.18. The number of hydrogen-bond acceptors (Lipinski definition) is 5. The predicted octanol–water partition coefficient (Wildman–Crippen LogP) is 2.66. The Hall–Kier alpha value is -1.53. The summed E-state index contributed by atoms with van der Waals surface area (Å²) >= 11 is 3.24. The van der Waals surface area contributed by atoms with Crippen molar-refractivity contribution in [3.63, 3.8) is 0 Å². The van der Waals surface area contributed by atoms with Crippen LogP contribution in [-0.4, -0.2) is 20.2 Å². The van der Waals surface area contributed by atoms with Crippen molar-refractivity contribution >= 4 is 22.7 Å². The predicted molar refractivity (Wildman–Crippen MR) is 60.8 cm³/mol. The zero-order valence-electron chi connectivity index (χ0n) is 7.54. The Kier molecular flexibility index (Phi) is 2.08. The number of rotatable bonds is 2. The minimum Gasteiger partial charge on any atom is -0.257 e. The maximum absolute atomic E-state index is 4.49. The molecule has 6 heteroatoms. The normalized spacial score (nSPS) is 10.7. The van der Waals surface area contributed by atoms with Crippen LogP contribution in [0.15, 0.2) is 28.5 Å². The summed E-state index contributed by atoms with van der Waals surface area (Å²) in [6.45, 7) is 0. The van der Waals surface area contributed by atoms with Gasteiger partial charge in [0.15, 0.2) is 10.8 Å². The Morgan fingerprint density at radius 3 is 3.00 bits per heavy atom. The van der Waals surface area contributed by atoms with Gasteiger partial charge in [-0.05, 0) is 11.4 Å². The van der Waals surface area contributed by atoms with Gasteiger partial charge in [-0.3, -0.25) is 5.10 Å². The number of nitrogens with zero attached hydrogens (tertiary/aromatic N) is 3. The molecule has 0 atom stereocenters. The third kappa shape index (κ3) is 1.57. The van der Waals surface area contributed by atoms with Crippen LogP contribution in [0.3, 0.4) is 0 Å². The maximum atomic E-state index is 4.49. The Morgan fingerprint density at radius 1 is 1.27 bits per heavy atom. The van der Waals surface area contributed by atoms with Crippen molar-refractivity contribution in [3.05, 3.63) is 28.5 Å². The van der Waals surface area contributed by atoms with Crippen molar-refractivity contribution in [2.24, 2.45) is 0 Å². The fourth-order valence-corrected chi connectivity index (χ4v) is 2.66. The van der Waals surface area contributed by atoms with Crippen LogP contribution in [0, 0.1) is 0 Å². The van der Waals surface area contributed by atoms with Crippen molar-refractivity contribution in [2.45, 2.75) is 0 Å². The minimum absolute atomic E-state index is 0.724. The smallest absolute Gasteiger partial charge is 0.184 e. The molecule has 0 saturated carbocycles. The molecule has 0 amide bonds. The van der Waals surface area contributed by atoms with E-state index in [1.165, 1.54) is 6.33 Å². The molecule has 3 heterocycles. The van der Waals surface area contributed by atoms with Gasteiger partial charge >= 0.3 is 0 Å². The number of aromatic amines is 1. The Morgan fingerprint density at radius 2 is 2.27 bits per heavy atom. The Labute approximate surface area is 93.7 Å². The maximum Gasteiger partial charge on any atom is 0.184 e. The lowest BCUT2D eigenvalue weighted by atomic mass is 10.3. The van der Waals surface area contributed by atoms with Crippen molar-refractivity contribution in [1.82, 2.24) is 20.2 Å². The lowest BCUT2D eigenvalue weighted by molar-refractivity contribution is 1.09. The molecular formula is C9H6N4S2. The van der Waals surface area contributed by atoms with Crippen molar-refractivity contribution in [2.75, 3.05) is 0 Å². The van der Waals surface area contributed by atoms with Crippen LogP contribution >= 0.6 is 22.7 Å². The van der Waals surface area contributed by atoms with Gasteiger partial charge < -0.3 is 0 Å². The first-order chi connectivity index (χ1) is 7.43. The molecule has 0 radical (unpaired) electrons. The van der Waals surface area contributed by atoms with Crippen LogP contribution in [-0.2, 0) is 0 Å². The van der Waals surface area contributed by atoms with E-state index in [9.17, 15) is 0 Å². The second kappa shape index (κ2) is 3.56. The quantitative estimate of drug-likeness (QED) is 0.741. The molecule has 0 bridgehead atoms. The van der Waals surface area contributed by atoms with Gasteiger partial charge in [-0.25, -0.2) is 9.97 Å².